The number of ether oxygens (including phenoxy) is 1. The highest BCUT2D eigenvalue weighted by atomic mass is 35.5. The summed E-state index contributed by atoms with van der Waals surface area (Å²) in [7, 11) is 2.03. The SMILES string of the molecule is CN1CCOC(C(N)Cc2cccc(Cl)c2F)C1. The molecule has 1 aromatic rings. The molecule has 2 N–H and O–H groups in total. The number of rotatable bonds is 3. The maximum atomic E-state index is 13.8. The van der Waals surface area contributed by atoms with Gasteiger partial charge in [-0.1, -0.05) is 23.7 Å². The van der Waals surface area contributed by atoms with Gasteiger partial charge in [-0.15, -0.1) is 0 Å². The quantitative estimate of drug-likeness (QED) is 0.910. The van der Waals surface area contributed by atoms with E-state index in [0.717, 1.165) is 13.1 Å². The van der Waals surface area contributed by atoms with Crippen LogP contribution in [0.25, 0.3) is 0 Å². The number of halogens is 2. The molecule has 1 aliphatic rings. The minimum absolute atomic E-state index is 0.0536. The van der Waals surface area contributed by atoms with Crippen molar-refractivity contribution in [3.63, 3.8) is 0 Å². The normalized spacial score (nSPS) is 23.0. The first-order chi connectivity index (χ1) is 8.58. The van der Waals surface area contributed by atoms with Crippen LogP contribution in [0.5, 0.6) is 0 Å². The van der Waals surface area contributed by atoms with E-state index in [4.69, 9.17) is 22.1 Å². The number of morpholine rings is 1. The van der Waals surface area contributed by atoms with Gasteiger partial charge < -0.3 is 15.4 Å². The summed E-state index contributed by atoms with van der Waals surface area (Å²) in [6.07, 6.45) is 0.382. The van der Waals surface area contributed by atoms with Crippen molar-refractivity contribution in [2.75, 3.05) is 26.7 Å². The van der Waals surface area contributed by atoms with Crippen LogP contribution in [0.2, 0.25) is 5.02 Å². The third-order valence-electron chi connectivity index (χ3n) is 3.26. The van der Waals surface area contributed by atoms with Gasteiger partial charge in [0.05, 0.1) is 17.7 Å². The summed E-state index contributed by atoms with van der Waals surface area (Å²) >= 11 is 5.75. The Morgan fingerprint density at radius 2 is 2.39 bits per heavy atom. The van der Waals surface area contributed by atoms with Crippen molar-refractivity contribution < 1.29 is 9.13 Å². The monoisotopic (exact) mass is 272 g/mol. The zero-order valence-corrected chi connectivity index (χ0v) is 11.2. The molecule has 1 aromatic carbocycles. The van der Waals surface area contributed by atoms with E-state index >= 15 is 0 Å². The summed E-state index contributed by atoms with van der Waals surface area (Å²) in [6.45, 7) is 2.37. The second kappa shape index (κ2) is 5.97. The molecule has 5 heteroatoms. The van der Waals surface area contributed by atoms with Crippen LogP contribution in [0, 0.1) is 5.82 Å². The maximum absolute atomic E-state index is 13.8. The van der Waals surface area contributed by atoms with Crippen molar-refractivity contribution in [3.8, 4) is 0 Å². The molecule has 100 valence electrons. The second-order valence-corrected chi connectivity index (χ2v) is 5.16. The van der Waals surface area contributed by atoms with Crippen molar-refractivity contribution in [3.05, 3.63) is 34.6 Å². The van der Waals surface area contributed by atoms with Gasteiger partial charge in [-0.05, 0) is 25.1 Å². The first kappa shape index (κ1) is 13.7. The smallest absolute Gasteiger partial charge is 0.145 e. The second-order valence-electron chi connectivity index (χ2n) is 4.75. The molecule has 2 rings (SSSR count). The summed E-state index contributed by atoms with van der Waals surface area (Å²) in [5.74, 6) is -0.376. The molecule has 0 bridgehead atoms. The van der Waals surface area contributed by atoms with E-state index < -0.39 is 0 Å². The van der Waals surface area contributed by atoms with Gasteiger partial charge in [0.15, 0.2) is 0 Å². The minimum Gasteiger partial charge on any atom is -0.374 e. The lowest BCUT2D eigenvalue weighted by Gasteiger charge is -2.33. The van der Waals surface area contributed by atoms with E-state index in [1.54, 1.807) is 12.1 Å². The molecule has 0 amide bonds. The molecule has 0 radical (unpaired) electrons. The van der Waals surface area contributed by atoms with Gasteiger partial charge in [-0.3, -0.25) is 0 Å². The fourth-order valence-corrected chi connectivity index (χ4v) is 2.36. The highest BCUT2D eigenvalue weighted by Gasteiger charge is 2.25. The van der Waals surface area contributed by atoms with Gasteiger partial charge in [-0.25, -0.2) is 4.39 Å². The van der Waals surface area contributed by atoms with Crippen LogP contribution in [0.15, 0.2) is 18.2 Å². The fraction of sp³-hybridized carbons (Fsp3) is 0.538. The van der Waals surface area contributed by atoms with Gasteiger partial charge in [-0.2, -0.15) is 0 Å². The van der Waals surface area contributed by atoms with Crippen LogP contribution >= 0.6 is 11.6 Å². The van der Waals surface area contributed by atoms with Crippen molar-refractivity contribution in [1.29, 1.82) is 0 Å². The molecule has 0 aromatic heterocycles. The first-order valence-electron chi connectivity index (χ1n) is 6.06. The van der Waals surface area contributed by atoms with Crippen LogP contribution in [0.4, 0.5) is 4.39 Å². The summed E-state index contributed by atoms with van der Waals surface area (Å²) < 4.78 is 19.4. The van der Waals surface area contributed by atoms with Gasteiger partial charge in [0.25, 0.3) is 0 Å². The molecule has 1 aliphatic heterocycles. The molecule has 1 fully saturated rings. The number of nitrogens with zero attached hydrogens (tertiary/aromatic N) is 1. The predicted octanol–water partition coefficient (Wildman–Crippen LogP) is 1.68. The Labute approximate surface area is 112 Å². The van der Waals surface area contributed by atoms with Crippen LogP contribution in [-0.2, 0) is 11.2 Å². The standard InChI is InChI=1S/C13H18ClFN2O/c1-17-5-6-18-12(8-17)11(16)7-9-3-2-4-10(14)13(9)15/h2-4,11-12H,5-8,16H2,1H3. The van der Waals surface area contributed by atoms with E-state index in [1.165, 1.54) is 6.07 Å². The van der Waals surface area contributed by atoms with Gasteiger partial charge in [0.1, 0.15) is 5.82 Å². The Hall–Kier alpha value is -0.680. The Bertz CT molecular complexity index is 416. The molecule has 0 spiro atoms. The van der Waals surface area contributed by atoms with Gasteiger partial charge >= 0.3 is 0 Å². The Morgan fingerprint density at radius 3 is 3.11 bits per heavy atom. The van der Waals surface area contributed by atoms with E-state index in [1.807, 2.05) is 7.05 Å². The highest BCUT2D eigenvalue weighted by Crippen LogP contribution is 2.20. The number of hydrogen-bond acceptors (Lipinski definition) is 3. The van der Waals surface area contributed by atoms with Crippen LogP contribution in [0.1, 0.15) is 5.56 Å². The number of nitrogens with two attached hydrogens (primary N) is 1. The van der Waals surface area contributed by atoms with Crippen molar-refractivity contribution in [2.45, 2.75) is 18.6 Å². The van der Waals surface area contributed by atoms with Crippen molar-refractivity contribution in [2.24, 2.45) is 5.73 Å². The van der Waals surface area contributed by atoms with E-state index in [0.29, 0.717) is 18.6 Å². The topological polar surface area (TPSA) is 38.5 Å². The number of likely N-dealkylation sites (N-methyl/N-ethyl adjacent to an activating group) is 1. The lowest BCUT2D eigenvalue weighted by Crippen LogP contribution is -2.50. The van der Waals surface area contributed by atoms with Gasteiger partial charge in [0.2, 0.25) is 0 Å². The minimum atomic E-state index is -0.376. The maximum Gasteiger partial charge on any atom is 0.145 e. The molecule has 0 aliphatic carbocycles. The number of hydrogen-bond donors (Lipinski definition) is 1. The van der Waals surface area contributed by atoms with Crippen LogP contribution in [0.3, 0.4) is 0 Å². The van der Waals surface area contributed by atoms with Crippen molar-refractivity contribution in [1.82, 2.24) is 4.90 Å². The molecule has 2 unspecified atom stereocenters. The van der Waals surface area contributed by atoms with Crippen LogP contribution < -0.4 is 5.73 Å². The van der Waals surface area contributed by atoms with E-state index in [2.05, 4.69) is 4.90 Å². The molecular weight excluding hydrogens is 255 g/mol. The zero-order chi connectivity index (χ0) is 13.1. The lowest BCUT2D eigenvalue weighted by molar-refractivity contribution is -0.0320. The number of benzene rings is 1. The molecule has 2 atom stereocenters. The molecular formula is C13H18ClFN2O. The molecule has 0 saturated carbocycles. The summed E-state index contributed by atoms with van der Waals surface area (Å²) in [5, 5.41) is 0.140. The third-order valence-corrected chi connectivity index (χ3v) is 3.55. The average Bonchev–Trinajstić information content (AvgIpc) is 2.35. The van der Waals surface area contributed by atoms with E-state index in [9.17, 15) is 4.39 Å². The lowest BCUT2D eigenvalue weighted by atomic mass is 10.0. The average molecular weight is 273 g/mol. The summed E-state index contributed by atoms with van der Waals surface area (Å²) in [5.41, 5.74) is 6.65. The predicted molar refractivity (Wildman–Crippen MR) is 70.3 cm³/mol. The highest BCUT2D eigenvalue weighted by molar-refractivity contribution is 6.30. The fourth-order valence-electron chi connectivity index (χ4n) is 2.16. The Morgan fingerprint density at radius 1 is 1.61 bits per heavy atom. The molecule has 3 nitrogen and oxygen atoms in total. The largest absolute Gasteiger partial charge is 0.374 e. The van der Waals surface area contributed by atoms with Crippen LogP contribution in [-0.4, -0.2) is 43.8 Å². The van der Waals surface area contributed by atoms with Crippen molar-refractivity contribution >= 4 is 11.6 Å². The van der Waals surface area contributed by atoms with Gasteiger partial charge in [0, 0.05) is 19.1 Å². The molecule has 1 saturated heterocycles. The Balaban J connectivity index is 2.02. The summed E-state index contributed by atoms with van der Waals surface area (Å²) in [4.78, 5) is 2.17. The first-order valence-corrected chi connectivity index (χ1v) is 6.44. The molecule has 18 heavy (non-hydrogen) atoms. The zero-order valence-electron chi connectivity index (χ0n) is 10.4. The molecule has 1 heterocycles. The Kier molecular flexibility index (Phi) is 4.56. The summed E-state index contributed by atoms with van der Waals surface area (Å²) in [6, 6.07) is 4.77. The third kappa shape index (κ3) is 3.20. The van der Waals surface area contributed by atoms with E-state index in [-0.39, 0.29) is 23.0 Å².